The summed E-state index contributed by atoms with van der Waals surface area (Å²) in [5.41, 5.74) is 1.60. The first kappa shape index (κ1) is 13.1. The lowest BCUT2D eigenvalue weighted by Gasteiger charge is -2.06. The van der Waals surface area contributed by atoms with Crippen LogP contribution in [0.3, 0.4) is 0 Å². The van der Waals surface area contributed by atoms with Gasteiger partial charge in [0.1, 0.15) is 11.6 Å². The van der Waals surface area contributed by atoms with Crippen LogP contribution in [0.4, 0.5) is 4.39 Å². The van der Waals surface area contributed by atoms with Gasteiger partial charge in [0, 0.05) is 17.0 Å². The molecule has 4 nitrogen and oxygen atoms in total. The molecule has 3 aromatic rings. The highest BCUT2D eigenvalue weighted by Gasteiger charge is 2.09. The molecule has 3 rings (SSSR count). The highest BCUT2D eigenvalue weighted by Crippen LogP contribution is 2.26. The van der Waals surface area contributed by atoms with Crippen LogP contribution in [0.15, 0.2) is 48.5 Å². The van der Waals surface area contributed by atoms with Gasteiger partial charge in [-0.2, -0.15) is 0 Å². The predicted molar refractivity (Wildman–Crippen MR) is 75.8 cm³/mol. The number of hydrogen-bond acceptors (Lipinski definition) is 3. The summed E-state index contributed by atoms with van der Waals surface area (Å²) in [7, 11) is 0. The molecular weight excluding hydrogens is 273 g/mol. The Bertz CT molecular complexity index is 844. The molecule has 2 aromatic carbocycles. The molecule has 0 atom stereocenters. The largest absolute Gasteiger partial charge is 0.508 e. The van der Waals surface area contributed by atoms with E-state index < -0.39 is 11.8 Å². The van der Waals surface area contributed by atoms with Crippen molar-refractivity contribution in [2.45, 2.75) is 0 Å². The minimum Gasteiger partial charge on any atom is -0.508 e. The van der Waals surface area contributed by atoms with Crippen molar-refractivity contribution in [2.24, 2.45) is 0 Å². The van der Waals surface area contributed by atoms with Crippen LogP contribution >= 0.6 is 0 Å². The zero-order valence-corrected chi connectivity index (χ0v) is 10.7. The molecule has 0 fully saturated rings. The van der Waals surface area contributed by atoms with E-state index in [1.165, 1.54) is 36.4 Å². The smallest absolute Gasteiger partial charge is 0.335 e. The average molecular weight is 283 g/mol. The van der Waals surface area contributed by atoms with Gasteiger partial charge in [-0.15, -0.1) is 0 Å². The van der Waals surface area contributed by atoms with Gasteiger partial charge in [-0.05, 0) is 30.3 Å². The average Bonchev–Trinajstić information content (AvgIpc) is 2.48. The predicted octanol–water partition coefficient (Wildman–Crippen LogP) is 3.44. The van der Waals surface area contributed by atoms with Crippen LogP contribution in [0.1, 0.15) is 10.4 Å². The number of aromatic hydroxyl groups is 1. The van der Waals surface area contributed by atoms with Gasteiger partial charge in [-0.1, -0.05) is 12.1 Å². The quantitative estimate of drug-likeness (QED) is 0.755. The molecule has 5 heteroatoms. The molecule has 0 bridgehead atoms. The summed E-state index contributed by atoms with van der Waals surface area (Å²) in [6.07, 6.45) is 0. The first-order valence-corrected chi connectivity index (χ1v) is 6.17. The summed E-state index contributed by atoms with van der Waals surface area (Å²) >= 11 is 0. The van der Waals surface area contributed by atoms with Crippen LogP contribution in [0, 0.1) is 5.82 Å². The molecule has 0 unspecified atom stereocenters. The van der Waals surface area contributed by atoms with E-state index in [1.54, 1.807) is 12.1 Å². The molecule has 0 aliphatic heterocycles. The maximum atomic E-state index is 14.1. The Morgan fingerprint density at radius 1 is 1.05 bits per heavy atom. The summed E-state index contributed by atoms with van der Waals surface area (Å²) < 4.78 is 14.1. The first-order valence-electron chi connectivity index (χ1n) is 6.17. The van der Waals surface area contributed by atoms with Crippen molar-refractivity contribution < 1.29 is 19.4 Å². The Morgan fingerprint density at radius 3 is 2.43 bits per heavy atom. The van der Waals surface area contributed by atoms with E-state index in [0.29, 0.717) is 16.8 Å². The number of rotatable bonds is 2. The summed E-state index contributed by atoms with van der Waals surface area (Å²) in [6.45, 7) is 0. The van der Waals surface area contributed by atoms with Gasteiger partial charge in [0.15, 0.2) is 0 Å². The fourth-order valence-electron chi connectivity index (χ4n) is 2.10. The van der Waals surface area contributed by atoms with Crippen LogP contribution < -0.4 is 0 Å². The minimum absolute atomic E-state index is 0.0261. The molecule has 0 radical (unpaired) electrons. The fourth-order valence-corrected chi connectivity index (χ4v) is 2.10. The molecule has 1 heterocycles. The van der Waals surface area contributed by atoms with Crippen molar-refractivity contribution in [3.63, 3.8) is 0 Å². The molecule has 0 aliphatic rings. The Balaban J connectivity index is 2.12. The van der Waals surface area contributed by atoms with Gasteiger partial charge in [0.05, 0.1) is 16.8 Å². The third-order valence-corrected chi connectivity index (χ3v) is 3.17. The fraction of sp³-hybridized carbons (Fsp3) is 0. The topological polar surface area (TPSA) is 70.4 Å². The highest BCUT2D eigenvalue weighted by molar-refractivity contribution is 5.88. The van der Waals surface area contributed by atoms with Crippen molar-refractivity contribution in [1.82, 2.24) is 4.98 Å². The maximum Gasteiger partial charge on any atom is 0.335 e. The second kappa shape index (κ2) is 4.86. The molecule has 0 spiro atoms. The summed E-state index contributed by atoms with van der Waals surface area (Å²) in [6, 6.07) is 11.6. The second-order valence-corrected chi connectivity index (χ2v) is 4.57. The molecule has 21 heavy (non-hydrogen) atoms. The number of hydrogen-bond donors (Lipinski definition) is 2. The van der Waals surface area contributed by atoms with E-state index in [4.69, 9.17) is 5.11 Å². The number of phenols is 1. The SMILES string of the molecule is O=C(O)c1ccc(-c2cc(F)c3cc(O)ccc3n2)cc1. The van der Waals surface area contributed by atoms with E-state index in [9.17, 15) is 14.3 Å². The van der Waals surface area contributed by atoms with Crippen molar-refractivity contribution in [1.29, 1.82) is 0 Å². The Hall–Kier alpha value is -2.95. The van der Waals surface area contributed by atoms with Gasteiger partial charge >= 0.3 is 5.97 Å². The Kier molecular flexibility index (Phi) is 3.02. The number of benzene rings is 2. The molecule has 0 saturated heterocycles. The third kappa shape index (κ3) is 2.41. The number of nitrogens with zero attached hydrogens (tertiary/aromatic N) is 1. The lowest BCUT2D eigenvalue weighted by atomic mass is 10.1. The lowest BCUT2D eigenvalue weighted by molar-refractivity contribution is 0.0697. The normalized spacial score (nSPS) is 10.7. The number of carboxylic acid groups (broad SMARTS) is 1. The van der Waals surface area contributed by atoms with E-state index in [2.05, 4.69) is 4.98 Å². The van der Waals surface area contributed by atoms with E-state index in [-0.39, 0.29) is 16.7 Å². The zero-order valence-electron chi connectivity index (χ0n) is 10.7. The van der Waals surface area contributed by atoms with Gasteiger partial charge in [-0.25, -0.2) is 14.2 Å². The summed E-state index contributed by atoms with van der Waals surface area (Å²) in [4.78, 5) is 15.1. The number of phenolic OH excluding ortho intramolecular Hbond substituents is 1. The van der Waals surface area contributed by atoms with Crippen molar-refractivity contribution in [3.05, 3.63) is 59.9 Å². The number of carbonyl (C=O) groups is 1. The van der Waals surface area contributed by atoms with E-state index in [1.807, 2.05) is 0 Å². The van der Waals surface area contributed by atoms with E-state index >= 15 is 0 Å². The maximum absolute atomic E-state index is 14.1. The second-order valence-electron chi connectivity index (χ2n) is 4.57. The number of halogens is 1. The molecule has 2 N–H and O–H groups in total. The van der Waals surface area contributed by atoms with Crippen molar-refractivity contribution in [2.75, 3.05) is 0 Å². The monoisotopic (exact) mass is 283 g/mol. The Labute approximate surface area is 119 Å². The van der Waals surface area contributed by atoms with Crippen molar-refractivity contribution in [3.8, 4) is 17.0 Å². The minimum atomic E-state index is -1.02. The standard InChI is InChI=1S/C16H10FNO3/c17-13-8-15(9-1-3-10(4-2-9)16(20)21)18-14-6-5-11(19)7-12(13)14/h1-8,19H,(H,20,21). The molecular formula is C16H10FNO3. The van der Waals surface area contributed by atoms with Crippen LogP contribution in [0.5, 0.6) is 5.75 Å². The summed E-state index contributed by atoms with van der Waals surface area (Å²) in [5.74, 6) is -1.54. The highest BCUT2D eigenvalue weighted by atomic mass is 19.1. The van der Waals surface area contributed by atoms with Gasteiger partial charge in [-0.3, -0.25) is 0 Å². The molecule has 1 aromatic heterocycles. The molecule has 0 saturated carbocycles. The number of aromatic carboxylic acids is 1. The molecule has 0 amide bonds. The van der Waals surface area contributed by atoms with Gasteiger partial charge in [0.2, 0.25) is 0 Å². The third-order valence-electron chi connectivity index (χ3n) is 3.17. The number of aromatic nitrogens is 1. The van der Waals surface area contributed by atoms with Gasteiger partial charge in [0.25, 0.3) is 0 Å². The first-order chi connectivity index (χ1) is 10.0. The van der Waals surface area contributed by atoms with Gasteiger partial charge < -0.3 is 10.2 Å². The van der Waals surface area contributed by atoms with Crippen LogP contribution in [0.2, 0.25) is 0 Å². The lowest BCUT2D eigenvalue weighted by Crippen LogP contribution is -1.95. The summed E-state index contributed by atoms with van der Waals surface area (Å²) in [5, 5.41) is 18.5. The number of carboxylic acids is 1. The van der Waals surface area contributed by atoms with E-state index in [0.717, 1.165) is 0 Å². The molecule has 104 valence electrons. The van der Waals surface area contributed by atoms with Crippen LogP contribution in [-0.2, 0) is 0 Å². The zero-order chi connectivity index (χ0) is 15.0. The number of pyridine rings is 1. The van der Waals surface area contributed by atoms with Crippen LogP contribution in [-0.4, -0.2) is 21.2 Å². The number of fused-ring (bicyclic) bond motifs is 1. The van der Waals surface area contributed by atoms with Crippen LogP contribution in [0.25, 0.3) is 22.2 Å². The van der Waals surface area contributed by atoms with Crippen molar-refractivity contribution >= 4 is 16.9 Å². The molecule has 0 aliphatic carbocycles. The Morgan fingerprint density at radius 2 is 1.76 bits per heavy atom.